The van der Waals surface area contributed by atoms with E-state index in [0.29, 0.717) is 39.9 Å². The fourth-order valence-corrected chi connectivity index (χ4v) is 5.05. The lowest BCUT2D eigenvalue weighted by molar-refractivity contribution is 0.0970. The molecule has 0 saturated heterocycles. The van der Waals surface area contributed by atoms with E-state index in [4.69, 9.17) is 9.15 Å². The standard InChI is InChI=1S/C27H27N3O4S/c1-15(2)12-13-33-18-9-7-8-17(14-18)22-21-23(31)19-10-5-6-11-20(19)34-24(21)26(32)30(22)27-29-28-25(35-27)16(3)4/h5-11,14-16,22H,12-13H2,1-4H3. The van der Waals surface area contributed by atoms with Crippen LogP contribution in [-0.4, -0.2) is 22.7 Å². The van der Waals surface area contributed by atoms with Crippen LogP contribution in [-0.2, 0) is 0 Å². The number of fused-ring (bicyclic) bond motifs is 2. The van der Waals surface area contributed by atoms with Crippen molar-refractivity contribution in [2.75, 3.05) is 11.5 Å². The van der Waals surface area contributed by atoms with Gasteiger partial charge in [0.05, 0.1) is 23.6 Å². The van der Waals surface area contributed by atoms with E-state index in [1.54, 1.807) is 24.3 Å². The van der Waals surface area contributed by atoms with Crippen molar-refractivity contribution in [2.45, 2.75) is 46.1 Å². The summed E-state index contributed by atoms with van der Waals surface area (Å²) in [6, 6.07) is 13.8. The van der Waals surface area contributed by atoms with Crippen LogP contribution in [0.15, 0.2) is 57.7 Å². The van der Waals surface area contributed by atoms with Crippen LogP contribution in [0.1, 0.15) is 72.8 Å². The van der Waals surface area contributed by atoms with Gasteiger partial charge in [-0.15, -0.1) is 10.2 Å². The Hall–Kier alpha value is -3.52. The van der Waals surface area contributed by atoms with Crippen molar-refractivity contribution in [3.05, 3.63) is 80.6 Å². The molecule has 35 heavy (non-hydrogen) atoms. The molecule has 0 N–H and O–H groups in total. The Labute approximate surface area is 207 Å². The van der Waals surface area contributed by atoms with Crippen LogP contribution in [0.5, 0.6) is 5.75 Å². The van der Waals surface area contributed by atoms with Crippen molar-refractivity contribution >= 4 is 33.3 Å². The van der Waals surface area contributed by atoms with E-state index in [1.807, 2.05) is 38.1 Å². The van der Waals surface area contributed by atoms with Gasteiger partial charge in [-0.25, -0.2) is 0 Å². The maximum Gasteiger partial charge on any atom is 0.297 e. The predicted octanol–water partition coefficient (Wildman–Crippen LogP) is 5.94. The normalized spacial score (nSPS) is 15.4. The van der Waals surface area contributed by atoms with Crippen LogP contribution in [0.2, 0.25) is 0 Å². The fraction of sp³-hybridized carbons (Fsp3) is 0.333. The third-order valence-corrected chi connectivity index (χ3v) is 7.27. The highest BCUT2D eigenvalue weighted by atomic mass is 32.1. The number of aromatic nitrogens is 2. The van der Waals surface area contributed by atoms with E-state index in [2.05, 4.69) is 24.0 Å². The fourth-order valence-electron chi connectivity index (χ4n) is 4.18. The number of para-hydroxylation sites is 1. The summed E-state index contributed by atoms with van der Waals surface area (Å²) in [6.45, 7) is 8.94. The third kappa shape index (κ3) is 4.23. The van der Waals surface area contributed by atoms with Gasteiger partial charge < -0.3 is 9.15 Å². The molecule has 1 aliphatic heterocycles. The molecule has 0 radical (unpaired) electrons. The van der Waals surface area contributed by atoms with Gasteiger partial charge in [0.15, 0.2) is 5.43 Å². The molecule has 1 atom stereocenters. The Bertz CT molecular complexity index is 1460. The third-order valence-electron chi connectivity index (χ3n) is 6.05. The number of carbonyl (C=O) groups excluding carboxylic acids is 1. The number of amides is 1. The first-order valence-corrected chi connectivity index (χ1v) is 12.6. The highest BCUT2D eigenvalue weighted by Gasteiger charge is 2.45. The maximum atomic E-state index is 13.7. The lowest BCUT2D eigenvalue weighted by Gasteiger charge is -2.22. The number of benzene rings is 2. The van der Waals surface area contributed by atoms with Crippen LogP contribution in [0.4, 0.5) is 5.13 Å². The first kappa shape index (κ1) is 23.2. The lowest BCUT2D eigenvalue weighted by atomic mass is 9.98. The van der Waals surface area contributed by atoms with Gasteiger partial charge in [-0.2, -0.15) is 0 Å². The highest BCUT2D eigenvalue weighted by Crippen LogP contribution is 2.43. The Kier molecular flexibility index (Phi) is 6.15. The van der Waals surface area contributed by atoms with E-state index in [0.717, 1.165) is 17.0 Å². The number of hydrogen-bond donors (Lipinski definition) is 0. The smallest absolute Gasteiger partial charge is 0.297 e. The number of nitrogens with zero attached hydrogens (tertiary/aromatic N) is 3. The summed E-state index contributed by atoms with van der Waals surface area (Å²) in [7, 11) is 0. The molecule has 1 amide bonds. The average Bonchev–Trinajstić information content (AvgIpc) is 3.43. The molecule has 2 aromatic heterocycles. The molecular formula is C27H27N3O4S. The SMILES string of the molecule is CC(C)CCOc1cccc(C2c3c(oc4ccccc4c3=O)C(=O)N2c2nnc(C(C)C)s2)c1. The summed E-state index contributed by atoms with van der Waals surface area (Å²) in [4.78, 5) is 28.9. The summed E-state index contributed by atoms with van der Waals surface area (Å²) in [5.41, 5.74) is 1.23. The first-order valence-electron chi connectivity index (χ1n) is 11.8. The minimum absolute atomic E-state index is 0.0473. The summed E-state index contributed by atoms with van der Waals surface area (Å²) >= 11 is 1.35. The number of anilines is 1. The van der Waals surface area contributed by atoms with Crippen LogP contribution in [0, 0.1) is 5.92 Å². The van der Waals surface area contributed by atoms with Crippen molar-refractivity contribution in [3.63, 3.8) is 0 Å². The van der Waals surface area contributed by atoms with Gasteiger partial charge in [0.2, 0.25) is 10.9 Å². The minimum Gasteiger partial charge on any atom is -0.494 e. The van der Waals surface area contributed by atoms with E-state index >= 15 is 0 Å². The van der Waals surface area contributed by atoms with Crippen molar-refractivity contribution in [3.8, 4) is 5.75 Å². The first-order chi connectivity index (χ1) is 16.8. The molecule has 4 aromatic rings. The number of ether oxygens (including phenoxy) is 1. The summed E-state index contributed by atoms with van der Waals surface area (Å²) in [5.74, 6) is 1.03. The minimum atomic E-state index is -0.694. The topological polar surface area (TPSA) is 85.5 Å². The van der Waals surface area contributed by atoms with Gasteiger partial charge in [0.1, 0.15) is 16.3 Å². The second kappa shape index (κ2) is 9.26. The van der Waals surface area contributed by atoms with Crippen molar-refractivity contribution in [2.24, 2.45) is 5.92 Å². The Morgan fingerprint density at radius 3 is 2.60 bits per heavy atom. The molecular weight excluding hydrogens is 462 g/mol. The zero-order chi connectivity index (χ0) is 24.7. The molecule has 1 aliphatic rings. The van der Waals surface area contributed by atoms with Crippen molar-refractivity contribution < 1.29 is 13.9 Å². The molecule has 3 heterocycles. The van der Waals surface area contributed by atoms with E-state index in [-0.39, 0.29) is 17.1 Å². The summed E-state index contributed by atoms with van der Waals surface area (Å²) in [5, 5.41) is 10.3. The van der Waals surface area contributed by atoms with Crippen molar-refractivity contribution in [1.29, 1.82) is 0 Å². The zero-order valence-electron chi connectivity index (χ0n) is 20.1. The maximum absolute atomic E-state index is 13.7. The quantitative estimate of drug-likeness (QED) is 0.319. The monoisotopic (exact) mass is 489 g/mol. The second-order valence-corrected chi connectivity index (χ2v) is 10.4. The molecule has 7 nitrogen and oxygen atoms in total. The Balaban J connectivity index is 1.66. The van der Waals surface area contributed by atoms with E-state index in [1.165, 1.54) is 16.2 Å². The molecule has 5 rings (SSSR count). The van der Waals surface area contributed by atoms with Crippen LogP contribution in [0.3, 0.4) is 0 Å². The molecule has 2 aromatic carbocycles. The molecule has 0 bridgehead atoms. The van der Waals surface area contributed by atoms with Gasteiger partial charge in [-0.1, -0.05) is 63.3 Å². The van der Waals surface area contributed by atoms with E-state index in [9.17, 15) is 9.59 Å². The van der Waals surface area contributed by atoms with Crippen LogP contribution in [0.25, 0.3) is 11.0 Å². The second-order valence-electron chi connectivity index (χ2n) is 9.43. The van der Waals surface area contributed by atoms with Gasteiger partial charge in [-0.05, 0) is 42.2 Å². The average molecular weight is 490 g/mol. The van der Waals surface area contributed by atoms with Crippen molar-refractivity contribution in [1.82, 2.24) is 10.2 Å². The number of hydrogen-bond acceptors (Lipinski definition) is 7. The van der Waals surface area contributed by atoms with Gasteiger partial charge >= 0.3 is 0 Å². The van der Waals surface area contributed by atoms with Crippen LogP contribution < -0.4 is 15.1 Å². The van der Waals surface area contributed by atoms with Gasteiger partial charge in [0, 0.05) is 5.92 Å². The Morgan fingerprint density at radius 2 is 1.86 bits per heavy atom. The molecule has 8 heteroatoms. The molecule has 0 fully saturated rings. The molecule has 0 aliphatic carbocycles. The van der Waals surface area contributed by atoms with E-state index < -0.39 is 11.9 Å². The molecule has 180 valence electrons. The molecule has 0 saturated carbocycles. The zero-order valence-corrected chi connectivity index (χ0v) is 21.0. The largest absolute Gasteiger partial charge is 0.494 e. The Morgan fingerprint density at radius 1 is 1.06 bits per heavy atom. The number of rotatable bonds is 7. The predicted molar refractivity (Wildman–Crippen MR) is 137 cm³/mol. The summed E-state index contributed by atoms with van der Waals surface area (Å²) < 4.78 is 12.0. The molecule has 0 spiro atoms. The molecule has 1 unspecified atom stereocenters. The number of carbonyl (C=O) groups is 1. The highest BCUT2D eigenvalue weighted by molar-refractivity contribution is 7.15. The van der Waals surface area contributed by atoms with Crippen LogP contribution >= 0.6 is 11.3 Å². The summed E-state index contributed by atoms with van der Waals surface area (Å²) in [6.07, 6.45) is 0.930. The lowest BCUT2D eigenvalue weighted by Crippen LogP contribution is -2.29. The van der Waals surface area contributed by atoms with Gasteiger partial charge in [-0.3, -0.25) is 14.5 Å². The van der Waals surface area contributed by atoms with Gasteiger partial charge in [0.25, 0.3) is 5.91 Å².